The SMILES string of the molecule is CCCc1nn(C)c(NCC(O)CC(C)C)c1N. The molecule has 0 bridgehead atoms. The predicted octanol–water partition coefficient (Wildman–Crippen LogP) is 1.77. The lowest BCUT2D eigenvalue weighted by molar-refractivity contribution is 0.161. The number of aryl methyl sites for hydroxylation is 2. The quantitative estimate of drug-likeness (QED) is 0.693. The summed E-state index contributed by atoms with van der Waals surface area (Å²) < 4.78 is 1.75. The van der Waals surface area contributed by atoms with Crippen LogP contribution in [0.1, 0.15) is 39.3 Å². The van der Waals surface area contributed by atoms with Crippen molar-refractivity contribution < 1.29 is 5.11 Å². The van der Waals surface area contributed by atoms with Crippen LogP contribution >= 0.6 is 0 Å². The molecule has 0 saturated carbocycles. The summed E-state index contributed by atoms with van der Waals surface area (Å²) in [7, 11) is 1.87. The second kappa shape index (κ2) is 6.64. The summed E-state index contributed by atoms with van der Waals surface area (Å²) in [5, 5.41) is 17.4. The lowest BCUT2D eigenvalue weighted by atomic mass is 10.1. The van der Waals surface area contributed by atoms with Gasteiger partial charge in [0.05, 0.1) is 17.5 Å². The van der Waals surface area contributed by atoms with E-state index in [0.717, 1.165) is 30.8 Å². The summed E-state index contributed by atoms with van der Waals surface area (Å²) in [5.74, 6) is 1.29. The molecule has 1 aromatic rings. The van der Waals surface area contributed by atoms with E-state index < -0.39 is 0 Å². The minimum atomic E-state index is -0.353. The number of aliphatic hydroxyl groups is 1. The number of nitrogens with one attached hydrogen (secondary N) is 1. The second-order valence-corrected chi connectivity index (χ2v) is 5.25. The molecule has 1 heterocycles. The van der Waals surface area contributed by atoms with Crippen LogP contribution < -0.4 is 11.1 Å². The lowest BCUT2D eigenvalue weighted by Gasteiger charge is -2.15. The van der Waals surface area contributed by atoms with Crippen molar-refractivity contribution in [3.8, 4) is 0 Å². The van der Waals surface area contributed by atoms with Gasteiger partial charge in [-0.1, -0.05) is 27.2 Å². The third-order valence-electron chi connectivity index (χ3n) is 2.90. The average Bonchev–Trinajstić information content (AvgIpc) is 2.52. The highest BCUT2D eigenvalue weighted by molar-refractivity contribution is 5.65. The topological polar surface area (TPSA) is 76.1 Å². The van der Waals surface area contributed by atoms with Crippen LogP contribution in [0.2, 0.25) is 0 Å². The first kappa shape index (κ1) is 14.8. The fraction of sp³-hybridized carbons (Fsp3) is 0.769. The van der Waals surface area contributed by atoms with Crippen molar-refractivity contribution in [2.75, 3.05) is 17.6 Å². The molecule has 5 nitrogen and oxygen atoms in total. The van der Waals surface area contributed by atoms with Gasteiger partial charge in [-0.25, -0.2) is 0 Å². The Morgan fingerprint density at radius 1 is 1.44 bits per heavy atom. The summed E-state index contributed by atoms with van der Waals surface area (Å²) in [4.78, 5) is 0. The van der Waals surface area contributed by atoms with Crippen LogP contribution in [0, 0.1) is 5.92 Å². The fourth-order valence-electron chi connectivity index (χ4n) is 2.07. The summed E-state index contributed by atoms with van der Waals surface area (Å²) in [5.41, 5.74) is 7.69. The molecule has 1 unspecified atom stereocenters. The maximum absolute atomic E-state index is 9.84. The summed E-state index contributed by atoms with van der Waals surface area (Å²) in [6.45, 7) is 6.81. The van der Waals surface area contributed by atoms with Crippen LogP contribution in [0.15, 0.2) is 0 Å². The minimum Gasteiger partial charge on any atom is -0.394 e. The van der Waals surface area contributed by atoms with Gasteiger partial charge >= 0.3 is 0 Å². The normalized spacial score (nSPS) is 13.0. The van der Waals surface area contributed by atoms with Crippen LogP contribution in [0.4, 0.5) is 11.5 Å². The number of nitrogens with two attached hydrogens (primary N) is 1. The number of hydrogen-bond donors (Lipinski definition) is 3. The Balaban J connectivity index is 2.61. The molecule has 104 valence electrons. The highest BCUT2D eigenvalue weighted by Crippen LogP contribution is 2.23. The van der Waals surface area contributed by atoms with Gasteiger partial charge in [0.1, 0.15) is 5.82 Å². The molecule has 1 rings (SSSR count). The fourth-order valence-corrected chi connectivity index (χ4v) is 2.07. The Bertz CT molecular complexity index is 373. The zero-order valence-corrected chi connectivity index (χ0v) is 11.9. The standard InChI is InChI=1S/C13H26N4O/c1-5-6-11-12(14)13(17(4)16-11)15-8-10(18)7-9(2)3/h9-10,15,18H,5-8,14H2,1-4H3. The van der Waals surface area contributed by atoms with Gasteiger partial charge in [0.15, 0.2) is 0 Å². The monoisotopic (exact) mass is 254 g/mol. The highest BCUT2D eigenvalue weighted by atomic mass is 16.3. The Morgan fingerprint density at radius 2 is 2.11 bits per heavy atom. The van der Waals surface area contributed by atoms with Gasteiger partial charge in [-0.05, 0) is 18.8 Å². The lowest BCUT2D eigenvalue weighted by Crippen LogP contribution is -2.22. The van der Waals surface area contributed by atoms with Crippen molar-refractivity contribution in [2.24, 2.45) is 13.0 Å². The van der Waals surface area contributed by atoms with E-state index >= 15 is 0 Å². The van der Waals surface area contributed by atoms with Crippen molar-refractivity contribution in [1.82, 2.24) is 9.78 Å². The number of aromatic nitrogens is 2. The van der Waals surface area contributed by atoms with E-state index in [2.05, 4.69) is 31.2 Å². The molecule has 0 aliphatic carbocycles. The van der Waals surface area contributed by atoms with Crippen molar-refractivity contribution in [1.29, 1.82) is 0 Å². The largest absolute Gasteiger partial charge is 0.394 e. The number of anilines is 2. The Hall–Kier alpha value is -1.23. The van der Waals surface area contributed by atoms with Gasteiger partial charge in [-0.2, -0.15) is 5.10 Å². The molecule has 0 radical (unpaired) electrons. The number of hydrogen-bond acceptors (Lipinski definition) is 4. The van der Waals surface area contributed by atoms with E-state index in [0.29, 0.717) is 18.2 Å². The first-order valence-electron chi connectivity index (χ1n) is 6.68. The number of nitrogens with zero attached hydrogens (tertiary/aromatic N) is 2. The molecule has 4 N–H and O–H groups in total. The molecule has 0 saturated heterocycles. The molecule has 1 aromatic heterocycles. The van der Waals surface area contributed by atoms with Gasteiger partial charge < -0.3 is 16.2 Å². The van der Waals surface area contributed by atoms with E-state index in [1.54, 1.807) is 4.68 Å². The molecule has 5 heteroatoms. The first-order valence-corrected chi connectivity index (χ1v) is 6.68. The molecule has 0 aliphatic heterocycles. The van der Waals surface area contributed by atoms with E-state index in [9.17, 15) is 5.11 Å². The number of nitrogen functional groups attached to an aromatic ring is 1. The summed E-state index contributed by atoms with van der Waals surface area (Å²) in [6.07, 6.45) is 2.34. The maximum Gasteiger partial charge on any atom is 0.147 e. The molecule has 0 amide bonds. The first-order chi connectivity index (χ1) is 8.45. The third-order valence-corrected chi connectivity index (χ3v) is 2.90. The van der Waals surface area contributed by atoms with Crippen molar-refractivity contribution in [3.05, 3.63) is 5.69 Å². The molecule has 18 heavy (non-hydrogen) atoms. The molecule has 0 aliphatic rings. The molecule has 0 fully saturated rings. The van der Waals surface area contributed by atoms with Crippen molar-refractivity contribution in [3.63, 3.8) is 0 Å². The molecule has 0 spiro atoms. The zero-order chi connectivity index (χ0) is 13.7. The highest BCUT2D eigenvalue weighted by Gasteiger charge is 2.14. The van der Waals surface area contributed by atoms with Gasteiger partial charge in [-0.15, -0.1) is 0 Å². The molecule has 1 atom stereocenters. The molecule has 0 aromatic carbocycles. The zero-order valence-electron chi connectivity index (χ0n) is 11.9. The predicted molar refractivity (Wildman–Crippen MR) is 75.6 cm³/mol. The Morgan fingerprint density at radius 3 is 2.67 bits per heavy atom. The number of aliphatic hydroxyl groups excluding tert-OH is 1. The summed E-state index contributed by atoms with van der Waals surface area (Å²) in [6, 6.07) is 0. The van der Waals surface area contributed by atoms with Crippen LogP contribution in [0.3, 0.4) is 0 Å². The molecular weight excluding hydrogens is 228 g/mol. The molecular formula is C13H26N4O. The van der Waals surface area contributed by atoms with Crippen LogP contribution in [0.5, 0.6) is 0 Å². The van der Waals surface area contributed by atoms with E-state index in [4.69, 9.17) is 5.73 Å². The number of rotatable bonds is 7. The third kappa shape index (κ3) is 3.91. The van der Waals surface area contributed by atoms with Crippen LogP contribution in [-0.2, 0) is 13.5 Å². The van der Waals surface area contributed by atoms with Gasteiger partial charge in [0.2, 0.25) is 0 Å². The van der Waals surface area contributed by atoms with Crippen molar-refractivity contribution >= 4 is 11.5 Å². The van der Waals surface area contributed by atoms with Gasteiger partial charge in [0.25, 0.3) is 0 Å². The minimum absolute atomic E-state index is 0.353. The van der Waals surface area contributed by atoms with Crippen LogP contribution in [0.25, 0.3) is 0 Å². The van der Waals surface area contributed by atoms with Crippen LogP contribution in [-0.4, -0.2) is 27.5 Å². The maximum atomic E-state index is 9.84. The van der Waals surface area contributed by atoms with Gasteiger partial charge in [-0.3, -0.25) is 4.68 Å². The average molecular weight is 254 g/mol. The Kier molecular flexibility index (Phi) is 5.47. The van der Waals surface area contributed by atoms with E-state index in [-0.39, 0.29) is 6.10 Å². The smallest absolute Gasteiger partial charge is 0.147 e. The second-order valence-electron chi connectivity index (χ2n) is 5.25. The summed E-state index contributed by atoms with van der Waals surface area (Å²) >= 11 is 0. The van der Waals surface area contributed by atoms with E-state index in [1.807, 2.05) is 7.05 Å². The van der Waals surface area contributed by atoms with Crippen molar-refractivity contribution in [2.45, 2.75) is 46.1 Å². The van der Waals surface area contributed by atoms with Gasteiger partial charge in [0, 0.05) is 13.6 Å². The Labute approximate surface area is 109 Å². The van der Waals surface area contributed by atoms with E-state index in [1.165, 1.54) is 0 Å².